The Hall–Kier alpha value is -2.80. The van der Waals surface area contributed by atoms with Gasteiger partial charge in [-0.15, -0.1) is 0 Å². The summed E-state index contributed by atoms with van der Waals surface area (Å²) in [7, 11) is 0. The van der Waals surface area contributed by atoms with Crippen LogP contribution in [0, 0.1) is 0 Å². The molecule has 1 saturated carbocycles. The van der Waals surface area contributed by atoms with Crippen LogP contribution in [0.4, 0.5) is 5.69 Å². The van der Waals surface area contributed by atoms with Gasteiger partial charge in [0.2, 0.25) is 5.91 Å². The minimum absolute atomic E-state index is 0.0492. The highest BCUT2D eigenvalue weighted by molar-refractivity contribution is 5.93. The standard InChI is InChI=1S/C30H41N5O2/c1-23(36)35-17-9-5-3-2-4-8-16-34(22-25-10-6-7-11-28(25)35)27-14-18-33(19-15-27)30(37)26-20-31-29(32-21-26)24-12-13-24/h6-7,10-11,20-21,24,27H,2-5,8-9,12-19,22H2,1H3. The largest absolute Gasteiger partial charge is 0.338 e. The molecule has 0 spiro atoms. The van der Waals surface area contributed by atoms with Crippen LogP contribution in [-0.2, 0) is 11.3 Å². The van der Waals surface area contributed by atoms with Crippen molar-refractivity contribution in [3.05, 3.63) is 53.6 Å². The quantitative estimate of drug-likeness (QED) is 0.578. The molecule has 37 heavy (non-hydrogen) atoms. The summed E-state index contributed by atoms with van der Waals surface area (Å²) < 4.78 is 0. The van der Waals surface area contributed by atoms with E-state index in [2.05, 4.69) is 33.1 Å². The van der Waals surface area contributed by atoms with Crippen LogP contribution < -0.4 is 4.90 Å². The highest BCUT2D eigenvalue weighted by atomic mass is 16.2. The molecule has 3 heterocycles. The molecule has 1 aliphatic carbocycles. The van der Waals surface area contributed by atoms with Gasteiger partial charge in [0.25, 0.3) is 5.91 Å². The van der Waals surface area contributed by atoms with Gasteiger partial charge in [-0.05, 0) is 56.7 Å². The predicted octanol–water partition coefficient (Wildman–Crippen LogP) is 5.17. The van der Waals surface area contributed by atoms with Crippen LogP contribution >= 0.6 is 0 Å². The average molecular weight is 504 g/mol. The summed E-state index contributed by atoms with van der Waals surface area (Å²) in [4.78, 5) is 41.1. The number of carbonyl (C=O) groups excluding carboxylic acids is 2. The fourth-order valence-corrected chi connectivity index (χ4v) is 5.87. The molecule has 5 rings (SSSR count). The molecule has 0 N–H and O–H groups in total. The fraction of sp³-hybridized carbons (Fsp3) is 0.600. The zero-order chi connectivity index (χ0) is 25.6. The first-order valence-corrected chi connectivity index (χ1v) is 14.3. The van der Waals surface area contributed by atoms with Gasteiger partial charge in [0.05, 0.1) is 5.56 Å². The van der Waals surface area contributed by atoms with E-state index in [-0.39, 0.29) is 11.8 Å². The molecule has 2 amide bonds. The first-order chi connectivity index (χ1) is 18.1. The Morgan fingerprint density at radius 3 is 2.14 bits per heavy atom. The van der Waals surface area contributed by atoms with Crippen molar-refractivity contribution in [2.45, 2.75) is 89.6 Å². The maximum absolute atomic E-state index is 13.1. The van der Waals surface area contributed by atoms with E-state index >= 15 is 0 Å². The summed E-state index contributed by atoms with van der Waals surface area (Å²) in [5.74, 6) is 1.55. The molecule has 198 valence electrons. The SMILES string of the molecule is CC(=O)N1CCCCCCCCN(C2CCN(C(=O)c3cnc(C4CC4)nc3)CC2)Cc2ccccc21. The van der Waals surface area contributed by atoms with Crippen molar-refractivity contribution in [2.24, 2.45) is 0 Å². The first-order valence-electron chi connectivity index (χ1n) is 14.3. The number of hydrogen-bond acceptors (Lipinski definition) is 5. The number of likely N-dealkylation sites (tertiary alicyclic amines) is 1. The molecular weight excluding hydrogens is 462 g/mol. The minimum atomic E-state index is 0.0492. The van der Waals surface area contributed by atoms with E-state index in [4.69, 9.17) is 0 Å². The van der Waals surface area contributed by atoms with Gasteiger partial charge in [-0.25, -0.2) is 9.97 Å². The Kier molecular flexibility index (Phi) is 8.49. The number of aromatic nitrogens is 2. The van der Waals surface area contributed by atoms with E-state index in [1.165, 1.54) is 37.7 Å². The molecule has 7 nitrogen and oxygen atoms in total. The molecule has 0 unspecified atom stereocenters. The number of anilines is 1. The van der Waals surface area contributed by atoms with Crippen molar-refractivity contribution in [2.75, 3.05) is 31.1 Å². The van der Waals surface area contributed by atoms with Crippen LogP contribution in [0.25, 0.3) is 0 Å². The zero-order valence-corrected chi connectivity index (χ0v) is 22.3. The summed E-state index contributed by atoms with van der Waals surface area (Å²) in [5, 5.41) is 0. The molecule has 3 aliphatic rings. The van der Waals surface area contributed by atoms with Crippen LogP contribution in [0.2, 0.25) is 0 Å². The van der Waals surface area contributed by atoms with Crippen LogP contribution in [0.1, 0.15) is 98.8 Å². The van der Waals surface area contributed by atoms with Crippen LogP contribution in [-0.4, -0.2) is 63.8 Å². The van der Waals surface area contributed by atoms with Crippen molar-refractivity contribution in [3.63, 3.8) is 0 Å². The molecule has 2 aromatic rings. The number of piperidine rings is 1. The van der Waals surface area contributed by atoms with Gasteiger partial charge < -0.3 is 9.80 Å². The maximum atomic E-state index is 13.1. The van der Waals surface area contributed by atoms with Gasteiger partial charge >= 0.3 is 0 Å². The lowest BCUT2D eigenvalue weighted by atomic mass is 10.00. The Labute approximate surface area is 221 Å². The number of carbonyl (C=O) groups is 2. The highest BCUT2D eigenvalue weighted by Crippen LogP contribution is 2.37. The van der Waals surface area contributed by atoms with Crippen molar-refractivity contribution in [3.8, 4) is 0 Å². The van der Waals surface area contributed by atoms with E-state index in [1.807, 2.05) is 15.9 Å². The number of fused-ring (bicyclic) bond motifs is 1. The van der Waals surface area contributed by atoms with Gasteiger partial charge in [0.15, 0.2) is 0 Å². The number of rotatable bonds is 3. The average Bonchev–Trinajstić information content (AvgIpc) is 3.77. The van der Waals surface area contributed by atoms with E-state index in [0.717, 1.165) is 76.3 Å². The zero-order valence-electron chi connectivity index (χ0n) is 22.3. The molecule has 0 radical (unpaired) electrons. The summed E-state index contributed by atoms with van der Waals surface area (Å²) in [6.45, 7) is 5.89. The van der Waals surface area contributed by atoms with Gasteiger partial charge in [-0.3, -0.25) is 14.5 Å². The smallest absolute Gasteiger partial charge is 0.256 e. The summed E-state index contributed by atoms with van der Waals surface area (Å²) in [6, 6.07) is 8.85. The van der Waals surface area contributed by atoms with Gasteiger partial charge in [-0.2, -0.15) is 0 Å². The lowest BCUT2D eigenvalue weighted by Gasteiger charge is -2.39. The second kappa shape index (κ2) is 12.2. The van der Waals surface area contributed by atoms with Gasteiger partial charge in [0, 0.05) is 63.1 Å². The summed E-state index contributed by atoms with van der Waals surface area (Å²) in [5.41, 5.74) is 2.88. The number of para-hydroxylation sites is 1. The lowest BCUT2D eigenvalue weighted by molar-refractivity contribution is -0.116. The van der Waals surface area contributed by atoms with E-state index in [9.17, 15) is 9.59 Å². The predicted molar refractivity (Wildman–Crippen MR) is 146 cm³/mol. The molecule has 0 bridgehead atoms. The molecule has 2 aliphatic heterocycles. The molecule has 1 saturated heterocycles. The molecule has 1 aromatic carbocycles. The lowest BCUT2D eigenvalue weighted by Crippen LogP contribution is -2.47. The Bertz CT molecular complexity index is 1060. The Morgan fingerprint density at radius 1 is 0.811 bits per heavy atom. The molecular formula is C30H41N5O2. The molecule has 7 heteroatoms. The third-order valence-electron chi connectivity index (χ3n) is 8.24. The van der Waals surface area contributed by atoms with Gasteiger partial charge in [-0.1, -0.05) is 43.9 Å². The third-order valence-corrected chi connectivity index (χ3v) is 8.24. The van der Waals surface area contributed by atoms with Crippen molar-refractivity contribution in [1.82, 2.24) is 19.8 Å². The van der Waals surface area contributed by atoms with Gasteiger partial charge in [0.1, 0.15) is 5.82 Å². The van der Waals surface area contributed by atoms with E-state index < -0.39 is 0 Å². The molecule has 1 aromatic heterocycles. The number of amides is 2. The fourth-order valence-electron chi connectivity index (χ4n) is 5.87. The normalized spacial score (nSPS) is 20.9. The van der Waals surface area contributed by atoms with Crippen LogP contribution in [0.3, 0.4) is 0 Å². The maximum Gasteiger partial charge on any atom is 0.256 e. The van der Waals surface area contributed by atoms with Crippen molar-refractivity contribution < 1.29 is 9.59 Å². The monoisotopic (exact) mass is 503 g/mol. The minimum Gasteiger partial charge on any atom is -0.338 e. The molecule has 0 atom stereocenters. The van der Waals surface area contributed by atoms with E-state index in [1.54, 1.807) is 19.3 Å². The second-order valence-electron chi connectivity index (χ2n) is 11.0. The Balaban J connectivity index is 1.26. The summed E-state index contributed by atoms with van der Waals surface area (Å²) in [6.07, 6.45) is 14.9. The van der Waals surface area contributed by atoms with Crippen LogP contribution in [0.15, 0.2) is 36.7 Å². The van der Waals surface area contributed by atoms with Crippen molar-refractivity contribution in [1.29, 1.82) is 0 Å². The van der Waals surface area contributed by atoms with E-state index in [0.29, 0.717) is 17.5 Å². The van der Waals surface area contributed by atoms with Crippen molar-refractivity contribution >= 4 is 17.5 Å². The number of nitrogens with zero attached hydrogens (tertiary/aromatic N) is 5. The number of benzene rings is 1. The first kappa shape index (κ1) is 25.8. The topological polar surface area (TPSA) is 69.6 Å². The second-order valence-corrected chi connectivity index (χ2v) is 11.0. The highest BCUT2D eigenvalue weighted by Gasteiger charge is 2.30. The Morgan fingerprint density at radius 2 is 1.46 bits per heavy atom. The number of hydrogen-bond donors (Lipinski definition) is 0. The third kappa shape index (κ3) is 6.56. The summed E-state index contributed by atoms with van der Waals surface area (Å²) >= 11 is 0. The van der Waals surface area contributed by atoms with Crippen LogP contribution in [0.5, 0.6) is 0 Å². The molecule has 2 fully saturated rings.